The van der Waals surface area contributed by atoms with Gasteiger partial charge in [-0.1, -0.05) is 31.5 Å². The SMILES string of the molecule is CCCCN1C(=O)c2[nH]nc(-c3ccccc3O)c2C1c1ccc(O)c(OCC)c1. The molecule has 3 aromatic rings. The van der Waals surface area contributed by atoms with Crippen molar-refractivity contribution in [3.63, 3.8) is 0 Å². The van der Waals surface area contributed by atoms with Crippen LogP contribution in [0.4, 0.5) is 0 Å². The van der Waals surface area contributed by atoms with E-state index in [0.29, 0.717) is 35.9 Å². The fourth-order valence-corrected chi connectivity index (χ4v) is 3.95. The summed E-state index contributed by atoms with van der Waals surface area (Å²) in [7, 11) is 0. The van der Waals surface area contributed by atoms with E-state index in [4.69, 9.17) is 4.74 Å². The summed E-state index contributed by atoms with van der Waals surface area (Å²) in [6.45, 7) is 4.94. The molecule has 4 rings (SSSR count). The maximum atomic E-state index is 13.2. The number of H-pyrrole nitrogens is 1. The van der Waals surface area contributed by atoms with Crippen LogP contribution in [0.2, 0.25) is 0 Å². The molecule has 0 saturated carbocycles. The van der Waals surface area contributed by atoms with Gasteiger partial charge in [-0.25, -0.2) is 0 Å². The maximum absolute atomic E-state index is 13.2. The van der Waals surface area contributed by atoms with Gasteiger partial charge in [-0.15, -0.1) is 0 Å². The van der Waals surface area contributed by atoms with Gasteiger partial charge in [0, 0.05) is 17.7 Å². The summed E-state index contributed by atoms with van der Waals surface area (Å²) in [4.78, 5) is 15.0. The molecule has 7 nitrogen and oxygen atoms in total. The fraction of sp³-hybridized carbons (Fsp3) is 0.304. The molecular weight excluding hydrogens is 382 g/mol. The standard InChI is InChI=1S/C23H25N3O4/c1-3-5-12-26-22(14-10-11-17(28)18(13-14)30-4-2)19-20(24-25-21(19)23(26)29)15-8-6-7-9-16(15)27/h6-11,13,22,27-28H,3-5,12H2,1-2H3,(H,24,25). The molecule has 7 heteroatoms. The maximum Gasteiger partial charge on any atom is 0.273 e. The number of phenolic OH excluding ortho intramolecular Hbond substituents is 2. The number of nitrogens with one attached hydrogen (secondary N) is 1. The van der Waals surface area contributed by atoms with Crippen LogP contribution < -0.4 is 4.74 Å². The van der Waals surface area contributed by atoms with Crippen LogP contribution in [0.3, 0.4) is 0 Å². The molecule has 1 amide bonds. The van der Waals surface area contributed by atoms with Crippen molar-refractivity contribution in [3.05, 3.63) is 59.3 Å². The number of fused-ring (bicyclic) bond motifs is 1. The first-order chi connectivity index (χ1) is 14.6. The van der Waals surface area contributed by atoms with Gasteiger partial charge >= 0.3 is 0 Å². The van der Waals surface area contributed by atoms with E-state index < -0.39 is 6.04 Å². The highest BCUT2D eigenvalue weighted by Crippen LogP contribution is 2.45. The molecule has 0 spiro atoms. The molecule has 1 aliphatic rings. The molecule has 1 atom stereocenters. The number of nitrogens with zero attached hydrogens (tertiary/aromatic N) is 2. The Balaban J connectivity index is 1.88. The predicted octanol–water partition coefficient (Wildman–Crippen LogP) is 4.23. The average molecular weight is 407 g/mol. The van der Waals surface area contributed by atoms with Crippen molar-refractivity contribution >= 4 is 5.91 Å². The van der Waals surface area contributed by atoms with E-state index in [1.807, 2.05) is 17.9 Å². The number of hydrogen-bond donors (Lipinski definition) is 3. The zero-order valence-electron chi connectivity index (χ0n) is 17.1. The lowest BCUT2D eigenvalue weighted by atomic mass is 9.95. The minimum absolute atomic E-state index is 0.0541. The number of para-hydroxylation sites is 1. The first-order valence-electron chi connectivity index (χ1n) is 10.2. The summed E-state index contributed by atoms with van der Waals surface area (Å²) in [5, 5.41) is 27.8. The molecule has 1 aliphatic heterocycles. The number of unbranched alkanes of at least 4 members (excludes halogenated alkanes) is 1. The Labute approximate surface area is 174 Å². The van der Waals surface area contributed by atoms with E-state index in [1.54, 1.807) is 36.4 Å². The Hall–Kier alpha value is -3.48. The van der Waals surface area contributed by atoms with Crippen molar-refractivity contribution in [1.29, 1.82) is 0 Å². The number of carbonyl (C=O) groups is 1. The van der Waals surface area contributed by atoms with Crippen LogP contribution >= 0.6 is 0 Å². The van der Waals surface area contributed by atoms with Gasteiger partial charge in [-0.05, 0) is 43.2 Å². The molecule has 30 heavy (non-hydrogen) atoms. The number of benzene rings is 2. The smallest absolute Gasteiger partial charge is 0.273 e. The molecule has 1 unspecified atom stereocenters. The predicted molar refractivity (Wildman–Crippen MR) is 113 cm³/mol. The zero-order chi connectivity index (χ0) is 21.3. The summed E-state index contributed by atoms with van der Waals surface area (Å²) in [6, 6.07) is 11.7. The summed E-state index contributed by atoms with van der Waals surface area (Å²) >= 11 is 0. The number of aromatic amines is 1. The third kappa shape index (κ3) is 3.26. The number of amides is 1. The van der Waals surface area contributed by atoms with E-state index in [0.717, 1.165) is 24.0 Å². The number of hydrogen-bond acceptors (Lipinski definition) is 5. The molecular formula is C23H25N3O4. The van der Waals surface area contributed by atoms with Crippen LogP contribution in [-0.2, 0) is 0 Å². The molecule has 156 valence electrons. The van der Waals surface area contributed by atoms with Crippen LogP contribution in [0, 0.1) is 0 Å². The van der Waals surface area contributed by atoms with E-state index in [1.165, 1.54) is 0 Å². The number of carbonyl (C=O) groups excluding carboxylic acids is 1. The van der Waals surface area contributed by atoms with Gasteiger partial charge in [0.2, 0.25) is 0 Å². The van der Waals surface area contributed by atoms with Gasteiger partial charge in [-0.2, -0.15) is 5.10 Å². The summed E-state index contributed by atoms with van der Waals surface area (Å²) in [6.07, 6.45) is 1.82. The van der Waals surface area contributed by atoms with E-state index in [9.17, 15) is 15.0 Å². The molecule has 0 bridgehead atoms. The first-order valence-corrected chi connectivity index (χ1v) is 10.2. The Morgan fingerprint density at radius 2 is 1.93 bits per heavy atom. The summed E-state index contributed by atoms with van der Waals surface area (Å²) in [5.41, 5.74) is 3.09. The fourth-order valence-electron chi connectivity index (χ4n) is 3.95. The van der Waals surface area contributed by atoms with Crippen molar-refractivity contribution < 1.29 is 19.7 Å². The highest BCUT2D eigenvalue weighted by Gasteiger charge is 2.42. The van der Waals surface area contributed by atoms with Crippen LogP contribution in [0.25, 0.3) is 11.3 Å². The van der Waals surface area contributed by atoms with Crippen molar-refractivity contribution in [2.24, 2.45) is 0 Å². The Bertz CT molecular complexity index is 1080. The molecule has 2 heterocycles. The molecule has 0 aliphatic carbocycles. The van der Waals surface area contributed by atoms with Crippen LogP contribution in [0.15, 0.2) is 42.5 Å². The van der Waals surface area contributed by atoms with E-state index in [2.05, 4.69) is 17.1 Å². The number of phenols is 2. The third-order valence-electron chi connectivity index (χ3n) is 5.37. The quantitative estimate of drug-likeness (QED) is 0.544. The second kappa shape index (κ2) is 8.10. The summed E-state index contributed by atoms with van der Waals surface area (Å²) in [5.74, 6) is 0.409. The number of aromatic hydroxyl groups is 2. The minimum atomic E-state index is -0.396. The number of rotatable bonds is 7. The largest absolute Gasteiger partial charge is 0.507 e. The summed E-state index contributed by atoms with van der Waals surface area (Å²) < 4.78 is 5.57. The van der Waals surface area contributed by atoms with E-state index >= 15 is 0 Å². The normalized spacial score (nSPS) is 15.5. The van der Waals surface area contributed by atoms with E-state index in [-0.39, 0.29) is 17.4 Å². The van der Waals surface area contributed by atoms with Crippen LogP contribution in [-0.4, -0.2) is 44.4 Å². The van der Waals surface area contributed by atoms with Gasteiger partial charge in [0.1, 0.15) is 17.1 Å². The van der Waals surface area contributed by atoms with Gasteiger partial charge in [0.05, 0.1) is 12.6 Å². The second-order valence-corrected chi connectivity index (χ2v) is 7.29. The van der Waals surface area contributed by atoms with Crippen LogP contribution in [0.1, 0.15) is 54.3 Å². The minimum Gasteiger partial charge on any atom is -0.507 e. The van der Waals surface area contributed by atoms with Gasteiger partial charge < -0.3 is 19.8 Å². The van der Waals surface area contributed by atoms with Gasteiger partial charge in [0.25, 0.3) is 5.91 Å². The second-order valence-electron chi connectivity index (χ2n) is 7.29. The van der Waals surface area contributed by atoms with Crippen molar-refractivity contribution in [3.8, 4) is 28.5 Å². The Morgan fingerprint density at radius 3 is 2.67 bits per heavy atom. The zero-order valence-corrected chi connectivity index (χ0v) is 17.1. The van der Waals surface area contributed by atoms with Crippen molar-refractivity contribution in [1.82, 2.24) is 15.1 Å². The molecule has 2 aromatic carbocycles. The lowest BCUT2D eigenvalue weighted by Gasteiger charge is -2.26. The monoisotopic (exact) mass is 407 g/mol. The third-order valence-corrected chi connectivity index (χ3v) is 5.37. The number of ether oxygens (including phenoxy) is 1. The number of aromatic nitrogens is 2. The van der Waals surface area contributed by atoms with Gasteiger partial charge in [-0.3, -0.25) is 9.89 Å². The first kappa shape index (κ1) is 19.8. The molecule has 0 fully saturated rings. The molecule has 0 radical (unpaired) electrons. The van der Waals surface area contributed by atoms with Crippen molar-refractivity contribution in [2.75, 3.05) is 13.2 Å². The Morgan fingerprint density at radius 1 is 1.13 bits per heavy atom. The highest BCUT2D eigenvalue weighted by molar-refractivity contribution is 6.00. The molecule has 3 N–H and O–H groups in total. The highest BCUT2D eigenvalue weighted by atomic mass is 16.5. The Kier molecular flexibility index (Phi) is 5.35. The van der Waals surface area contributed by atoms with Crippen molar-refractivity contribution in [2.45, 2.75) is 32.7 Å². The lowest BCUT2D eigenvalue weighted by molar-refractivity contribution is 0.0741. The van der Waals surface area contributed by atoms with Gasteiger partial charge in [0.15, 0.2) is 11.5 Å². The lowest BCUT2D eigenvalue weighted by Crippen LogP contribution is -2.30. The topological polar surface area (TPSA) is 98.7 Å². The molecule has 0 saturated heterocycles. The van der Waals surface area contributed by atoms with Crippen LogP contribution in [0.5, 0.6) is 17.2 Å². The average Bonchev–Trinajstić information content (AvgIpc) is 3.28. The molecule has 1 aromatic heterocycles.